The van der Waals surface area contributed by atoms with E-state index in [1.807, 2.05) is 25.1 Å². The van der Waals surface area contributed by atoms with Crippen LogP contribution in [0.1, 0.15) is 16.7 Å². The molecule has 2 aromatic rings. The molecule has 6 nitrogen and oxygen atoms in total. The van der Waals surface area contributed by atoms with Crippen molar-refractivity contribution in [1.29, 1.82) is 0 Å². The van der Waals surface area contributed by atoms with E-state index in [0.29, 0.717) is 13.3 Å². The van der Waals surface area contributed by atoms with Crippen LogP contribution in [0.3, 0.4) is 0 Å². The summed E-state index contributed by atoms with van der Waals surface area (Å²) in [5, 5.41) is 3.07. The van der Waals surface area contributed by atoms with Gasteiger partial charge < -0.3 is 24.6 Å². The van der Waals surface area contributed by atoms with E-state index in [9.17, 15) is 4.79 Å². The van der Waals surface area contributed by atoms with Crippen LogP contribution in [0.15, 0.2) is 36.4 Å². The number of anilines is 1. The lowest BCUT2D eigenvalue weighted by Crippen LogP contribution is -3.28. The van der Waals surface area contributed by atoms with Gasteiger partial charge in [-0.1, -0.05) is 17.7 Å². The molecule has 0 spiro atoms. The smallest absolute Gasteiger partial charge is 0.279 e. The molecule has 148 valence electrons. The Morgan fingerprint density at radius 2 is 1.71 bits per heavy atom. The molecule has 0 saturated carbocycles. The first-order chi connectivity index (χ1) is 13.6. The maximum absolute atomic E-state index is 12.4. The Bertz CT molecular complexity index is 860. The molecular formula is C22H29N3O3+2. The fraction of sp³-hybridized carbons (Fsp3) is 0.409. The average Bonchev–Trinajstić information content (AvgIpc) is 3.13. The van der Waals surface area contributed by atoms with Crippen LogP contribution in [0.4, 0.5) is 5.69 Å². The number of piperazine rings is 1. The molecule has 0 unspecified atom stereocenters. The standard InChI is InChI=1S/C22H27N3O3/c1-16-3-5-19(17(2)11-16)23-22(26)14-25-9-7-24(8-10-25)13-18-4-6-20-21(12-18)28-15-27-20/h3-6,11-12H,7-10,13-15H2,1-2H3,(H,23,26)/p+2. The highest BCUT2D eigenvalue weighted by Crippen LogP contribution is 2.32. The van der Waals surface area contributed by atoms with E-state index >= 15 is 0 Å². The van der Waals surface area contributed by atoms with Gasteiger partial charge in [-0.25, -0.2) is 0 Å². The zero-order valence-corrected chi connectivity index (χ0v) is 16.6. The van der Waals surface area contributed by atoms with Gasteiger partial charge in [0.15, 0.2) is 18.0 Å². The number of carbonyl (C=O) groups excluding carboxylic acids is 1. The van der Waals surface area contributed by atoms with Crippen molar-refractivity contribution in [3.63, 3.8) is 0 Å². The third kappa shape index (κ3) is 4.46. The molecule has 28 heavy (non-hydrogen) atoms. The fourth-order valence-corrected chi connectivity index (χ4v) is 4.03. The first-order valence-corrected chi connectivity index (χ1v) is 9.99. The highest BCUT2D eigenvalue weighted by molar-refractivity contribution is 5.92. The van der Waals surface area contributed by atoms with Crippen molar-refractivity contribution in [2.24, 2.45) is 0 Å². The number of quaternary nitrogens is 2. The summed E-state index contributed by atoms with van der Waals surface area (Å²) in [6, 6.07) is 12.3. The second kappa shape index (κ2) is 8.20. The van der Waals surface area contributed by atoms with Gasteiger partial charge in [-0.3, -0.25) is 4.79 Å². The molecule has 0 bridgehead atoms. The maximum Gasteiger partial charge on any atom is 0.279 e. The Labute approximate surface area is 166 Å². The normalized spacial score (nSPS) is 20.8. The molecule has 2 aromatic carbocycles. The van der Waals surface area contributed by atoms with Gasteiger partial charge in [-0.05, 0) is 43.7 Å². The molecular weight excluding hydrogens is 354 g/mol. The van der Waals surface area contributed by atoms with Crippen LogP contribution >= 0.6 is 0 Å². The van der Waals surface area contributed by atoms with Crippen molar-refractivity contribution in [3.05, 3.63) is 53.1 Å². The van der Waals surface area contributed by atoms with Crippen molar-refractivity contribution >= 4 is 11.6 Å². The van der Waals surface area contributed by atoms with Crippen molar-refractivity contribution in [1.82, 2.24) is 0 Å². The second-order valence-electron chi connectivity index (χ2n) is 7.91. The van der Waals surface area contributed by atoms with Crippen molar-refractivity contribution in [3.8, 4) is 11.5 Å². The largest absolute Gasteiger partial charge is 0.454 e. The third-order valence-corrected chi connectivity index (χ3v) is 5.62. The summed E-state index contributed by atoms with van der Waals surface area (Å²) in [6.07, 6.45) is 0. The van der Waals surface area contributed by atoms with Crippen LogP contribution in [0.2, 0.25) is 0 Å². The third-order valence-electron chi connectivity index (χ3n) is 5.62. The monoisotopic (exact) mass is 383 g/mol. The molecule has 6 heteroatoms. The van der Waals surface area contributed by atoms with E-state index in [1.165, 1.54) is 16.0 Å². The fourth-order valence-electron chi connectivity index (χ4n) is 4.03. The summed E-state index contributed by atoms with van der Waals surface area (Å²) in [7, 11) is 0. The Morgan fingerprint density at radius 1 is 0.964 bits per heavy atom. The van der Waals surface area contributed by atoms with Gasteiger partial charge in [0.25, 0.3) is 5.91 Å². The molecule has 0 atom stereocenters. The van der Waals surface area contributed by atoms with Gasteiger partial charge in [-0.15, -0.1) is 0 Å². The number of hydrogen-bond acceptors (Lipinski definition) is 3. The summed E-state index contributed by atoms with van der Waals surface area (Å²) in [4.78, 5) is 15.3. The molecule has 0 aromatic heterocycles. The topological polar surface area (TPSA) is 56.4 Å². The van der Waals surface area contributed by atoms with Crippen molar-refractivity contribution in [2.45, 2.75) is 20.4 Å². The Morgan fingerprint density at radius 3 is 2.50 bits per heavy atom. The molecule has 1 saturated heterocycles. The number of nitrogens with one attached hydrogen (secondary N) is 3. The lowest BCUT2D eigenvalue weighted by atomic mass is 10.1. The molecule has 1 fully saturated rings. The number of aryl methyl sites for hydroxylation is 2. The predicted octanol–water partition coefficient (Wildman–Crippen LogP) is -0.0458. The molecule has 1 amide bonds. The van der Waals surface area contributed by atoms with Crippen LogP contribution < -0.4 is 24.6 Å². The predicted molar refractivity (Wildman–Crippen MR) is 107 cm³/mol. The highest BCUT2D eigenvalue weighted by atomic mass is 16.7. The molecule has 2 aliphatic rings. The van der Waals surface area contributed by atoms with Gasteiger partial charge in [0.05, 0.1) is 0 Å². The molecule has 0 radical (unpaired) electrons. The van der Waals surface area contributed by atoms with Gasteiger partial charge in [0.2, 0.25) is 6.79 Å². The highest BCUT2D eigenvalue weighted by Gasteiger charge is 2.25. The lowest BCUT2D eigenvalue weighted by molar-refractivity contribution is -1.02. The van der Waals surface area contributed by atoms with Crippen LogP contribution in [-0.4, -0.2) is 45.4 Å². The minimum absolute atomic E-state index is 0.0983. The van der Waals surface area contributed by atoms with E-state index in [-0.39, 0.29) is 5.91 Å². The van der Waals surface area contributed by atoms with Crippen molar-refractivity contribution in [2.75, 3.05) is 44.8 Å². The Kier molecular flexibility index (Phi) is 5.50. The number of amides is 1. The van der Waals surface area contributed by atoms with E-state index in [0.717, 1.165) is 55.5 Å². The average molecular weight is 383 g/mol. The maximum atomic E-state index is 12.4. The molecule has 3 N–H and O–H groups in total. The van der Waals surface area contributed by atoms with E-state index in [4.69, 9.17) is 9.47 Å². The van der Waals surface area contributed by atoms with Gasteiger partial charge in [0.1, 0.15) is 32.7 Å². The van der Waals surface area contributed by atoms with E-state index in [1.54, 1.807) is 4.90 Å². The molecule has 0 aliphatic carbocycles. The zero-order valence-electron chi connectivity index (χ0n) is 16.6. The van der Waals surface area contributed by atoms with Gasteiger partial charge in [-0.2, -0.15) is 0 Å². The number of hydrogen-bond donors (Lipinski definition) is 3. The van der Waals surface area contributed by atoms with E-state index in [2.05, 4.69) is 30.4 Å². The minimum Gasteiger partial charge on any atom is -0.454 e. The summed E-state index contributed by atoms with van der Waals surface area (Å²) in [6.45, 7) is 10.1. The van der Waals surface area contributed by atoms with Crippen LogP contribution in [0, 0.1) is 13.8 Å². The van der Waals surface area contributed by atoms with Gasteiger partial charge >= 0.3 is 0 Å². The van der Waals surface area contributed by atoms with Crippen molar-refractivity contribution < 1.29 is 24.1 Å². The summed E-state index contributed by atoms with van der Waals surface area (Å²) >= 11 is 0. The van der Waals surface area contributed by atoms with Crippen LogP contribution in [0.5, 0.6) is 11.5 Å². The lowest BCUT2D eigenvalue weighted by Gasteiger charge is -2.29. The minimum atomic E-state index is 0.0983. The molecule has 2 aliphatic heterocycles. The molecule has 4 rings (SSSR count). The summed E-state index contributed by atoms with van der Waals surface area (Å²) in [5.74, 6) is 1.79. The summed E-state index contributed by atoms with van der Waals surface area (Å²) in [5.41, 5.74) is 4.52. The zero-order chi connectivity index (χ0) is 19.5. The second-order valence-corrected chi connectivity index (χ2v) is 7.91. The Balaban J connectivity index is 1.24. The number of fused-ring (bicyclic) bond motifs is 1. The SMILES string of the molecule is Cc1ccc(NC(=O)C[NH+]2CC[NH+](Cc3ccc4c(c3)OCO4)CC2)c(C)c1. The number of rotatable bonds is 5. The van der Waals surface area contributed by atoms with E-state index < -0.39 is 0 Å². The number of ether oxygens (including phenoxy) is 2. The van der Waals surface area contributed by atoms with Crippen LogP contribution in [-0.2, 0) is 11.3 Å². The number of carbonyl (C=O) groups is 1. The molecule has 2 heterocycles. The Hall–Kier alpha value is -2.57. The van der Waals surface area contributed by atoms with Crippen LogP contribution in [0.25, 0.3) is 0 Å². The summed E-state index contributed by atoms with van der Waals surface area (Å²) < 4.78 is 10.9. The first-order valence-electron chi connectivity index (χ1n) is 9.99. The van der Waals surface area contributed by atoms with Gasteiger partial charge in [0, 0.05) is 11.3 Å². The quantitative estimate of drug-likeness (QED) is 0.679. The first kappa shape index (κ1) is 18.8. The number of benzene rings is 2.